The molecule has 0 atom stereocenters. The number of hydrogen-bond acceptors (Lipinski definition) is 4. The van der Waals surface area contributed by atoms with Crippen LogP contribution in [0.15, 0.2) is 42.5 Å². The molecule has 0 saturated carbocycles. The zero-order chi connectivity index (χ0) is 15.2. The fourth-order valence-electron chi connectivity index (χ4n) is 2.13. The first-order chi connectivity index (χ1) is 10.1. The first-order valence-corrected chi connectivity index (χ1v) is 6.54. The molecule has 1 N–H and O–H groups in total. The van der Waals surface area contributed by atoms with Gasteiger partial charge in [-0.25, -0.2) is 0 Å². The molecule has 2 aromatic carbocycles. The average Bonchev–Trinajstić information content (AvgIpc) is 2.49. The van der Waals surface area contributed by atoms with Crippen LogP contribution < -0.4 is 5.32 Å². The lowest BCUT2D eigenvalue weighted by atomic mass is 10.1. The number of nitro benzene ring substituents is 1. The summed E-state index contributed by atoms with van der Waals surface area (Å²) in [6.07, 6.45) is 0. The van der Waals surface area contributed by atoms with Crippen molar-refractivity contribution in [3.63, 3.8) is 0 Å². The Morgan fingerprint density at radius 3 is 2.57 bits per heavy atom. The highest BCUT2D eigenvalue weighted by molar-refractivity contribution is 5.40. The molecular weight excluding hydrogens is 266 g/mol. The van der Waals surface area contributed by atoms with Crippen molar-refractivity contribution < 1.29 is 4.92 Å². The maximum absolute atomic E-state index is 10.9. The number of para-hydroxylation sites is 1. The van der Waals surface area contributed by atoms with E-state index in [4.69, 9.17) is 5.26 Å². The average molecular weight is 281 g/mol. The third kappa shape index (κ3) is 3.65. The summed E-state index contributed by atoms with van der Waals surface area (Å²) in [6.45, 7) is 2.98. The molecule has 106 valence electrons. The molecule has 5 nitrogen and oxygen atoms in total. The van der Waals surface area contributed by atoms with Gasteiger partial charge in [0.1, 0.15) is 0 Å². The number of nitro groups is 1. The summed E-state index contributed by atoms with van der Waals surface area (Å²) in [7, 11) is 0. The maximum atomic E-state index is 10.9. The predicted octanol–water partition coefficient (Wildman–Crippen LogP) is 3.06. The van der Waals surface area contributed by atoms with E-state index in [2.05, 4.69) is 11.4 Å². The summed E-state index contributed by atoms with van der Waals surface area (Å²) in [6, 6.07) is 14.3. The van der Waals surface area contributed by atoms with Crippen molar-refractivity contribution in [1.82, 2.24) is 5.32 Å². The first-order valence-electron chi connectivity index (χ1n) is 6.54. The summed E-state index contributed by atoms with van der Waals surface area (Å²) in [4.78, 5) is 10.6. The minimum Gasteiger partial charge on any atom is -0.308 e. The van der Waals surface area contributed by atoms with Crippen molar-refractivity contribution in [3.8, 4) is 6.07 Å². The lowest BCUT2D eigenvalue weighted by molar-refractivity contribution is -0.385. The highest BCUT2D eigenvalue weighted by atomic mass is 16.6. The fourth-order valence-corrected chi connectivity index (χ4v) is 2.13. The van der Waals surface area contributed by atoms with Gasteiger partial charge in [0, 0.05) is 24.7 Å². The third-order valence-corrected chi connectivity index (χ3v) is 3.29. The molecule has 0 radical (unpaired) electrons. The Balaban J connectivity index is 2.02. The van der Waals surface area contributed by atoms with E-state index >= 15 is 0 Å². The van der Waals surface area contributed by atoms with Gasteiger partial charge < -0.3 is 5.32 Å². The zero-order valence-electron chi connectivity index (χ0n) is 11.7. The minimum atomic E-state index is -0.371. The Morgan fingerprint density at radius 1 is 1.19 bits per heavy atom. The molecule has 0 amide bonds. The number of hydrogen-bond donors (Lipinski definition) is 1. The first kappa shape index (κ1) is 14.7. The van der Waals surface area contributed by atoms with Crippen LogP contribution in [0, 0.1) is 28.4 Å². The van der Waals surface area contributed by atoms with Gasteiger partial charge in [0.25, 0.3) is 5.69 Å². The molecule has 0 spiro atoms. The maximum Gasteiger partial charge on any atom is 0.273 e. The highest BCUT2D eigenvalue weighted by Gasteiger charge is 2.11. The summed E-state index contributed by atoms with van der Waals surface area (Å²) in [5.41, 5.74) is 3.53. The second-order valence-corrected chi connectivity index (χ2v) is 4.74. The third-order valence-electron chi connectivity index (χ3n) is 3.29. The van der Waals surface area contributed by atoms with Crippen molar-refractivity contribution in [2.45, 2.75) is 20.0 Å². The molecule has 0 fully saturated rings. The molecule has 0 aliphatic rings. The Labute approximate surface area is 123 Å². The largest absolute Gasteiger partial charge is 0.308 e. The number of rotatable bonds is 5. The van der Waals surface area contributed by atoms with Gasteiger partial charge in [-0.05, 0) is 30.2 Å². The van der Waals surface area contributed by atoms with E-state index in [1.165, 1.54) is 6.07 Å². The number of benzene rings is 2. The number of nitrogens with one attached hydrogen (secondary N) is 1. The second kappa shape index (κ2) is 6.64. The molecule has 0 unspecified atom stereocenters. The van der Waals surface area contributed by atoms with Gasteiger partial charge in [0.05, 0.1) is 16.6 Å². The molecule has 0 heterocycles. The Morgan fingerprint density at radius 2 is 1.90 bits per heavy atom. The zero-order valence-corrected chi connectivity index (χ0v) is 11.7. The van der Waals surface area contributed by atoms with Crippen LogP contribution in [0.4, 0.5) is 5.69 Å². The van der Waals surface area contributed by atoms with E-state index in [0.29, 0.717) is 24.2 Å². The molecule has 2 aromatic rings. The van der Waals surface area contributed by atoms with Crippen LogP contribution in [-0.4, -0.2) is 4.92 Å². The number of nitriles is 1. The van der Waals surface area contributed by atoms with Crippen LogP contribution in [0.2, 0.25) is 0 Å². The predicted molar refractivity (Wildman–Crippen MR) is 79.5 cm³/mol. The number of nitrogens with zero attached hydrogens (tertiary/aromatic N) is 2. The van der Waals surface area contributed by atoms with Crippen molar-refractivity contribution in [3.05, 3.63) is 74.8 Å². The van der Waals surface area contributed by atoms with E-state index in [1.807, 2.05) is 19.1 Å². The van der Waals surface area contributed by atoms with Gasteiger partial charge in [-0.15, -0.1) is 0 Å². The second-order valence-electron chi connectivity index (χ2n) is 4.74. The van der Waals surface area contributed by atoms with Crippen LogP contribution in [0.1, 0.15) is 22.3 Å². The summed E-state index contributed by atoms with van der Waals surface area (Å²) in [5.74, 6) is 0. The monoisotopic (exact) mass is 281 g/mol. The van der Waals surface area contributed by atoms with Gasteiger partial charge >= 0.3 is 0 Å². The highest BCUT2D eigenvalue weighted by Crippen LogP contribution is 2.17. The van der Waals surface area contributed by atoms with Crippen LogP contribution in [0.3, 0.4) is 0 Å². The molecule has 0 aliphatic heterocycles. The van der Waals surface area contributed by atoms with Crippen molar-refractivity contribution >= 4 is 5.69 Å². The number of aryl methyl sites for hydroxylation is 1. The summed E-state index contributed by atoms with van der Waals surface area (Å²) >= 11 is 0. The molecule has 5 heteroatoms. The van der Waals surface area contributed by atoms with Crippen molar-refractivity contribution in [2.75, 3.05) is 0 Å². The van der Waals surface area contributed by atoms with E-state index in [0.717, 1.165) is 11.1 Å². The molecule has 21 heavy (non-hydrogen) atoms. The molecule has 0 aromatic heterocycles. The minimum absolute atomic E-state index is 0.126. The van der Waals surface area contributed by atoms with E-state index in [9.17, 15) is 10.1 Å². The smallest absolute Gasteiger partial charge is 0.273 e. The van der Waals surface area contributed by atoms with Gasteiger partial charge in [-0.1, -0.05) is 24.3 Å². The fraction of sp³-hybridized carbons (Fsp3) is 0.188. The van der Waals surface area contributed by atoms with Crippen molar-refractivity contribution in [1.29, 1.82) is 5.26 Å². The van der Waals surface area contributed by atoms with Gasteiger partial charge in [-0.3, -0.25) is 10.1 Å². The van der Waals surface area contributed by atoms with Crippen LogP contribution in [-0.2, 0) is 13.1 Å². The normalized spacial score (nSPS) is 10.1. The molecule has 0 bridgehead atoms. The quantitative estimate of drug-likeness (QED) is 0.674. The van der Waals surface area contributed by atoms with E-state index < -0.39 is 0 Å². The molecule has 0 saturated heterocycles. The van der Waals surface area contributed by atoms with Crippen LogP contribution >= 0.6 is 0 Å². The van der Waals surface area contributed by atoms with Crippen LogP contribution in [0.25, 0.3) is 0 Å². The molecular formula is C16H15N3O2. The van der Waals surface area contributed by atoms with E-state index in [1.54, 1.807) is 24.3 Å². The molecule has 2 rings (SSSR count). The topological polar surface area (TPSA) is 79.0 Å². The summed E-state index contributed by atoms with van der Waals surface area (Å²) < 4.78 is 0. The van der Waals surface area contributed by atoms with Crippen molar-refractivity contribution in [2.24, 2.45) is 0 Å². The lowest BCUT2D eigenvalue weighted by Gasteiger charge is -2.08. The lowest BCUT2D eigenvalue weighted by Crippen LogP contribution is -2.14. The standard InChI is InChI=1S/C16H15N3O2/c1-12-8-13(9-17)6-7-14(12)10-18-11-15-4-2-3-5-16(15)19(20)21/h2-8,18H,10-11H2,1H3. The Hall–Kier alpha value is -2.71. The van der Waals surface area contributed by atoms with Gasteiger partial charge in [0.15, 0.2) is 0 Å². The van der Waals surface area contributed by atoms with Crippen LogP contribution in [0.5, 0.6) is 0 Å². The summed E-state index contributed by atoms with van der Waals surface area (Å²) in [5, 5.41) is 23.0. The molecule has 0 aliphatic carbocycles. The van der Waals surface area contributed by atoms with E-state index in [-0.39, 0.29) is 10.6 Å². The Kier molecular flexibility index (Phi) is 4.64. The Bertz CT molecular complexity index is 705. The SMILES string of the molecule is Cc1cc(C#N)ccc1CNCc1ccccc1[N+](=O)[O-]. The van der Waals surface area contributed by atoms with Gasteiger partial charge in [0.2, 0.25) is 0 Å². The van der Waals surface area contributed by atoms with Gasteiger partial charge in [-0.2, -0.15) is 5.26 Å².